The van der Waals surface area contributed by atoms with Gasteiger partial charge in [-0.1, -0.05) is 30.3 Å². The van der Waals surface area contributed by atoms with Gasteiger partial charge in [-0.3, -0.25) is 4.99 Å². The molecule has 2 aliphatic rings. The van der Waals surface area contributed by atoms with Crippen molar-refractivity contribution in [2.75, 3.05) is 30.1 Å². The predicted octanol–water partition coefficient (Wildman–Crippen LogP) is 3.44. The quantitative estimate of drug-likeness (QED) is 0.896. The molecule has 0 amide bonds. The van der Waals surface area contributed by atoms with E-state index in [1.807, 2.05) is 11.8 Å². The number of hydrogen-bond donors (Lipinski definition) is 1. The van der Waals surface area contributed by atoms with Gasteiger partial charge in [-0.2, -0.15) is 0 Å². The van der Waals surface area contributed by atoms with Crippen LogP contribution in [0.4, 0.5) is 11.4 Å². The number of rotatable bonds is 2. The summed E-state index contributed by atoms with van der Waals surface area (Å²) >= 11 is 1.88. The van der Waals surface area contributed by atoms with Crippen LogP contribution in [-0.2, 0) is 0 Å². The second-order valence-corrected chi connectivity index (χ2v) is 6.55. The lowest BCUT2D eigenvalue weighted by atomic mass is 10.1. The number of benzene rings is 1. The summed E-state index contributed by atoms with van der Waals surface area (Å²) in [6.45, 7) is 0. The highest BCUT2D eigenvalue weighted by Gasteiger charge is 2.31. The molecule has 1 aromatic rings. The Morgan fingerprint density at radius 3 is 2.95 bits per heavy atom. The smallest absolute Gasteiger partial charge is 0.161 e. The van der Waals surface area contributed by atoms with Crippen molar-refractivity contribution >= 4 is 28.3 Å². The van der Waals surface area contributed by atoms with Crippen LogP contribution in [0.2, 0.25) is 0 Å². The molecule has 2 atom stereocenters. The fourth-order valence-corrected chi connectivity index (χ4v) is 4.06. The zero-order chi connectivity index (χ0) is 13.2. The zero-order valence-electron chi connectivity index (χ0n) is 11.6. The van der Waals surface area contributed by atoms with Gasteiger partial charge < -0.3 is 10.2 Å². The molecule has 0 saturated heterocycles. The van der Waals surface area contributed by atoms with Crippen LogP contribution in [0.15, 0.2) is 29.3 Å². The van der Waals surface area contributed by atoms with E-state index in [0.29, 0.717) is 6.04 Å². The lowest BCUT2D eigenvalue weighted by Crippen LogP contribution is -2.25. The van der Waals surface area contributed by atoms with Crippen LogP contribution in [0.1, 0.15) is 19.3 Å². The lowest BCUT2D eigenvalue weighted by molar-refractivity contribution is 0.535. The van der Waals surface area contributed by atoms with Crippen LogP contribution in [0.5, 0.6) is 0 Å². The largest absolute Gasteiger partial charge is 0.376 e. The third kappa shape index (κ3) is 2.73. The fourth-order valence-electron chi connectivity index (χ4n) is 2.91. The molecule has 19 heavy (non-hydrogen) atoms. The number of para-hydroxylation sites is 2. The van der Waals surface area contributed by atoms with Crippen LogP contribution < -0.4 is 10.2 Å². The maximum absolute atomic E-state index is 4.89. The lowest BCUT2D eigenvalue weighted by Gasteiger charge is -2.25. The van der Waals surface area contributed by atoms with Crippen LogP contribution in [0.25, 0.3) is 0 Å². The molecule has 4 heteroatoms. The molecule has 0 aromatic heterocycles. The molecule has 1 aliphatic heterocycles. The molecule has 3 nitrogen and oxygen atoms in total. The summed E-state index contributed by atoms with van der Waals surface area (Å²) in [7, 11) is 4.15. The van der Waals surface area contributed by atoms with Crippen molar-refractivity contribution in [3.8, 4) is 0 Å². The molecule has 1 aliphatic carbocycles. The Labute approximate surface area is 119 Å². The van der Waals surface area contributed by atoms with E-state index in [-0.39, 0.29) is 0 Å². The topological polar surface area (TPSA) is 27.6 Å². The Bertz CT molecular complexity index is 484. The molecule has 0 spiro atoms. The van der Waals surface area contributed by atoms with E-state index < -0.39 is 0 Å². The van der Waals surface area contributed by atoms with Gasteiger partial charge in [-0.05, 0) is 30.9 Å². The highest BCUT2D eigenvalue weighted by atomic mass is 32.2. The molecule has 1 saturated carbocycles. The number of fused-ring (bicyclic) bond motifs is 1. The summed E-state index contributed by atoms with van der Waals surface area (Å²) in [4.78, 5) is 7.02. The van der Waals surface area contributed by atoms with Gasteiger partial charge in [0.2, 0.25) is 0 Å². The van der Waals surface area contributed by atoms with Crippen molar-refractivity contribution in [1.29, 1.82) is 0 Å². The second kappa shape index (κ2) is 5.45. The van der Waals surface area contributed by atoms with Gasteiger partial charge >= 0.3 is 0 Å². The Morgan fingerprint density at radius 2 is 2.11 bits per heavy atom. The Balaban J connectivity index is 1.78. The van der Waals surface area contributed by atoms with Crippen molar-refractivity contribution in [3.05, 3.63) is 24.3 Å². The van der Waals surface area contributed by atoms with Gasteiger partial charge in [-0.15, -0.1) is 0 Å². The average Bonchev–Trinajstić information content (AvgIpc) is 2.86. The third-order valence-corrected chi connectivity index (χ3v) is 5.04. The monoisotopic (exact) mass is 275 g/mol. The van der Waals surface area contributed by atoms with Crippen LogP contribution in [0, 0.1) is 5.92 Å². The van der Waals surface area contributed by atoms with E-state index in [2.05, 4.69) is 48.6 Å². The Hall–Kier alpha value is -1.16. The van der Waals surface area contributed by atoms with E-state index in [4.69, 9.17) is 4.99 Å². The fraction of sp³-hybridized carbons (Fsp3) is 0.533. The zero-order valence-corrected chi connectivity index (χ0v) is 12.4. The van der Waals surface area contributed by atoms with E-state index >= 15 is 0 Å². The summed E-state index contributed by atoms with van der Waals surface area (Å²) in [5.74, 6) is 2.04. The summed E-state index contributed by atoms with van der Waals surface area (Å²) < 4.78 is 0. The van der Waals surface area contributed by atoms with Crippen LogP contribution in [-0.4, -0.2) is 31.1 Å². The predicted molar refractivity (Wildman–Crippen MR) is 85.4 cm³/mol. The molecule has 0 radical (unpaired) electrons. The molecule has 1 N–H and O–H groups in total. The van der Waals surface area contributed by atoms with Gasteiger partial charge in [0, 0.05) is 19.8 Å². The first kappa shape index (κ1) is 12.9. The molecule has 1 heterocycles. The van der Waals surface area contributed by atoms with Crippen molar-refractivity contribution in [2.45, 2.75) is 25.3 Å². The summed E-state index contributed by atoms with van der Waals surface area (Å²) in [5.41, 5.74) is 2.36. The van der Waals surface area contributed by atoms with Crippen molar-refractivity contribution in [2.24, 2.45) is 10.9 Å². The third-order valence-electron chi connectivity index (χ3n) is 3.96. The number of thioether (sulfide) groups is 1. The van der Waals surface area contributed by atoms with E-state index in [0.717, 1.165) is 16.8 Å². The standard InChI is InChI=1S/C15H21N3S/c1-18(2)14-9-4-3-7-13(14)17-15-16-12-8-5-6-11(12)10-19-15/h3-4,7,9,11-12H,5-6,8,10H2,1-2H3,(H,16,17). The van der Waals surface area contributed by atoms with Gasteiger partial charge in [-0.25, -0.2) is 0 Å². The number of nitrogens with one attached hydrogen (secondary N) is 1. The molecule has 102 valence electrons. The van der Waals surface area contributed by atoms with E-state index in [9.17, 15) is 0 Å². The average molecular weight is 275 g/mol. The summed E-state index contributed by atoms with van der Waals surface area (Å²) in [6.07, 6.45) is 3.98. The van der Waals surface area contributed by atoms with E-state index in [1.54, 1.807) is 0 Å². The molecule has 3 rings (SSSR count). The summed E-state index contributed by atoms with van der Waals surface area (Å²) in [5, 5.41) is 4.61. The number of anilines is 2. The highest BCUT2D eigenvalue weighted by molar-refractivity contribution is 8.14. The van der Waals surface area contributed by atoms with Crippen LogP contribution >= 0.6 is 11.8 Å². The first-order chi connectivity index (χ1) is 9.24. The number of hydrogen-bond acceptors (Lipinski definition) is 4. The minimum atomic E-state index is 0.565. The van der Waals surface area contributed by atoms with Crippen molar-refractivity contribution in [1.82, 2.24) is 0 Å². The maximum atomic E-state index is 4.89. The Kier molecular flexibility index (Phi) is 3.69. The molecule has 2 unspecified atom stereocenters. The first-order valence-electron chi connectivity index (χ1n) is 6.98. The molecule has 1 aromatic carbocycles. The number of nitrogens with zero attached hydrogens (tertiary/aromatic N) is 2. The molecule has 0 bridgehead atoms. The van der Waals surface area contributed by atoms with E-state index in [1.165, 1.54) is 30.7 Å². The summed E-state index contributed by atoms with van der Waals surface area (Å²) in [6, 6.07) is 8.97. The van der Waals surface area contributed by atoms with Gasteiger partial charge in [0.25, 0.3) is 0 Å². The number of amidine groups is 1. The maximum Gasteiger partial charge on any atom is 0.161 e. The van der Waals surface area contributed by atoms with Crippen molar-refractivity contribution in [3.63, 3.8) is 0 Å². The molecular formula is C15H21N3S. The van der Waals surface area contributed by atoms with Crippen molar-refractivity contribution < 1.29 is 0 Å². The highest BCUT2D eigenvalue weighted by Crippen LogP contribution is 2.36. The minimum absolute atomic E-state index is 0.565. The van der Waals surface area contributed by atoms with Crippen LogP contribution in [0.3, 0.4) is 0 Å². The minimum Gasteiger partial charge on any atom is -0.376 e. The van der Waals surface area contributed by atoms with Gasteiger partial charge in [0.1, 0.15) is 0 Å². The normalized spacial score (nSPS) is 25.7. The molecule has 1 fully saturated rings. The second-order valence-electron chi connectivity index (χ2n) is 5.54. The first-order valence-corrected chi connectivity index (χ1v) is 7.96. The van der Waals surface area contributed by atoms with Gasteiger partial charge in [0.15, 0.2) is 5.17 Å². The SMILES string of the molecule is CN(C)c1ccccc1NC1=NC2CCCC2CS1. The Morgan fingerprint density at radius 1 is 1.26 bits per heavy atom. The number of aliphatic imine (C=N–C) groups is 1. The molecular weight excluding hydrogens is 254 g/mol. The van der Waals surface area contributed by atoms with Gasteiger partial charge in [0.05, 0.1) is 17.4 Å².